The molecule has 0 aromatic carbocycles. The van der Waals surface area contributed by atoms with E-state index >= 15 is 0 Å². The Labute approximate surface area is 190 Å². The van der Waals surface area contributed by atoms with Gasteiger partial charge in [0.05, 0.1) is 24.7 Å². The summed E-state index contributed by atoms with van der Waals surface area (Å²) in [5, 5.41) is 43.4. The maximum absolute atomic E-state index is 12.2. The molecule has 2 aliphatic heterocycles. The molecule has 1 saturated heterocycles. The van der Waals surface area contributed by atoms with E-state index in [0.29, 0.717) is 17.1 Å². The van der Waals surface area contributed by atoms with Gasteiger partial charge in [0.2, 0.25) is 17.7 Å². The third-order valence-corrected chi connectivity index (χ3v) is 6.76. The molecule has 0 aliphatic carbocycles. The van der Waals surface area contributed by atoms with Crippen molar-refractivity contribution in [1.82, 2.24) is 15.5 Å². The summed E-state index contributed by atoms with van der Waals surface area (Å²) in [5.74, 6) is -2.79. The molecule has 0 bridgehead atoms. The topological polar surface area (TPSA) is 176 Å². The minimum Gasteiger partial charge on any atom is -0.477 e. The average molecular weight is 474 g/mol. The standard InChI is InChI=1S/C20H31N3O8S/c1-10(25)14-11-8-12(15(19(30)31)23(11)18(14)29)32-7-6-21-13(26)4-5-22-17(28)16(27)20(2,3)9-24/h10-11,14,16,24-25,27H,4-9H2,1-3H3,(H,21,26)(H,22,28)(H,30,31)/t10-,11-,14-,16+/m1/s1. The van der Waals surface area contributed by atoms with Gasteiger partial charge in [-0.05, 0) is 6.92 Å². The second-order valence-electron chi connectivity index (χ2n) is 8.61. The lowest BCUT2D eigenvalue weighted by molar-refractivity contribution is -0.161. The minimum absolute atomic E-state index is 0.00776. The molecular formula is C20H31N3O8S. The SMILES string of the molecule is C[C@@H](O)[C@H]1C(=O)N2C(C(=O)O)=C(SCCNC(=O)CCNC(=O)[C@H](O)C(C)(C)CO)C[C@H]12. The van der Waals surface area contributed by atoms with Gasteiger partial charge in [-0.2, -0.15) is 0 Å². The van der Waals surface area contributed by atoms with Crippen LogP contribution in [0.25, 0.3) is 0 Å². The molecule has 0 aromatic rings. The highest BCUT2D eigenvalue weighted by Gasteiger charge is 2.56. The van der Waals surface area contributed by atoms with Crippen molar-refractivity contribution in [2.45, 2.75) is 51.9 Å². The van der Waals surface area contributed by atoms with Gasteiger partial charge in [0, 0.05) is 42.0 Å². The van der Waals surface area contributed by atoms with Gasteiger partial charge in [0.15, 0.2) is 0 Å². The molecule has 32 heavy (non-hydrogen) atoms. The van der Waals surface area contributed by atoms with Crippen LogP contribution in [0.1, 0.15) is 33.6 Å². The molecule has 0 spiro atoms. The Hall–Kier alpha value is -2.15. The summed E-state index contributed by atoms with van der Waals surface area (Å²) < 4.78 is 0. The lowest BCUT2D eigenvalue weighted by atomic mass is 9.83. The zero-order valence-corrected chi connectivity index (χ0v) is 19.1. The van der Waals surface area contributed by atoms with Gasteiger partial charge in [-0.3, -0.25) is 14.4 Å². The van der Waals surface area contributed by atoms with Crippen LogP contribution in [0.2, 0.25) is 0 Å². The largest absolute Gasteiger partial charge is 0.477 e. The number of fused-ring (bicyclic) bond motifs is 1. The third-order valence-electron chi connectivity index (χ3n) is 5.64. The zero-order chi connectivity index (χ0) is 24.2. The van der Waals surface area contributed by atoms with Crippen LogP contribution in [0.3, 0.4) is 0 Å². The first-order valence-corrected chi connectivity index (χ1v) is 11.3. The van der Waals surface area contributed by atoms with Crippen LogP contribution in [0.5, 0.6) is 0 Å². The third kappa shape index (κ3) is 5.61. The Morgan fingerprint density at radius 3 is 2.44 bits per heavy atom. The first kappa shape index (κ1) is 26.1. The van der Waals surface area contributed by atoms with Crippen LogP contribution in [-0.4, -0.2) is 92.7 Å². The van der Waals surface area contributed by atoms with Gasteiger partial charge in [-0.25, -0.2) is 4.79 Å². The Kier molecular flexibility index (Phi) is 8.68. The molecule has 3 amide bonds. The number of hydrogen-bond acceptors (Lipinski definition) is 8. The van der Waals surface area contributed by atoms with E-state index in [4.69, 9.17) is 0 Å². The maximum Gasteiger partial charge on any atom is 0.353 e. The number of carbonyl (C=O) groups is 4. The number of thioether (sulfide) groups is 1. The number of rotatable bonds is 12. The average Bonchev–Trinajstić information content (AvgIpc) is 3.04. The van der Waals surface area contributed by atoms with E-state index < -0.39 is 35.4 Å². The maximum atomic E-state index is 12.2. The molecule has 11 nitrogen and oxygen atoms in total. The summed E-state index contributed by atoms with van der Waals surface area (Å²) in [5.41, 5.74) is -1.05. The van der Waals surface area contributed by atoms with Gasteiger partial charge in [-0.15, -0.1) is 11.8 Å². The number of hydrogen-bond donors (Lipinski definition) is 6. The molecule has 0 radical (unpaired) electrons. The van der Waals surface area contributed by atoms with E-state index in [-0.39, 0.29) is 49.7 Å². The molecule has 0 unspecified atom stereocenters. The van der Waals surface area contributed by atoms with Crippen molar-refractivity contribution in [1.29, 1.82) is 0 Å². The molecule has 2 rings (SSSR count). The summed E-state index contributed by atoms with van der Waals surface area (Å²) >= 11 is 1.25. The molecule has 4 atom stereocenters. The highest BCUT2D eigenvalue weighted by Crippen LogP contribution is 2.46. The lowest BCUT2D eigenvalue weighted by Crippen LogP contribution is -2.61. The number of β-lactam (4-membered cyclic amide) rings is 1. The summed E-state index contributed by atoms with van der Waals surface area (Å²) in [7, 11) is 0. The van der Waals surface area contributed by atoms with Crippen molar-refractivity contribution in [3.05, 3.63) is 10.6 Å². The Balaban J connectivity index is 1.73. The van der Waals surface area contributed by atoms with Crippen molar-refractivity contribution in [3.63, 3.8) is 0 Å². The molecule has 0 aromatic heterocycles. The predicted octanol–water partition coefficient (Wildman–Crippen LogP) is -1.37. The van der Waals surface area contributed by atoms with Crippen LogP contribution in [0, 0.1) is 11.3 Å². The van der Waals surface area contributed by atoms with Crippen molar-refractivity contribution in [2.24, 2.45) is 11.3 Å². The number of amides is 3. The van der Waals surface area contributed by atoms with Crippen molar-refractivity contribution >= 4 is 35.5 Å². The van der Waals surface area contributed by atoms with Crippen LogP contribution < -0.4 is 10.6 Å². The van der Waals surface area contributed by atoms with E-state index in [2.05, 4.69) is 10.6 Å². The molecule has 12 heteroatoms. The molecule has 2 aliphatic rings. The Morgan fingerprint density at radius 2 is 1.88 bits per heavy atom. The van der Waals surface area contributed by atoms with Crippen molar-refractivity contribution in [3.8, 4) is 0 Å². The van der Waals surface area contributed by atoms with E-state index in [1.54, 1.807) is 13.8 Å². The smallest absolute Gasteiger partial charge is 0.353 e. The monoisotopic (exact) mass is 473 g/mol. The fourth-order valence-electron chi connectivity index (χ4n) is 3.65. The molecule has 180 valence electrons. The second kappa shape index (κ2) is 10.6. The fraction of sp³-hybridized carbons (Fsp3) is 0.700. The molecule has 0 saturated carbocycles. The van der Waals surface area contributed by atoms with Crippen molar-refractivity contribution < 1.29 is 39.6 Å². The van der Waals surface area contributed by atoms with Crippen LogP contribution >= 0.6 is 11.8 Å². The quantitative estimate of drug-likeness (QED) is 0.147. The van der Waals surface area contributed by atoms with Crippen LogP contribution in [-0.2, 0) is 19.2 Å². The Morgan fingerprint density at radius 1 is 1.22 bits per heavy atom. The van der Waals surface area contributed by atoms with Gasteiger partial charge in [-0.1, -0.05) is 13.8 Å². The predicted molar refractivity (Wildman–Crippen MR) is 115 cm³/mol. The first-order valence-electron chi connectivity index (χ1n) is 10.4. The van der Waals surface area contributed by atoms with E-state index in [9.17, 15) is 39.6 Å². The zero-order valence-electron chi connectivity index (χ0n) is 18.3. The van der Waals surface area contributed by atoms with Gasteiger partial charge >= 0.3 is 5.97 Å². The number of aliphatic hydroxyl groups is 3. The summed E-state index contributed by atoms with van der Waals surface area (Å²) in [4.78, 5) is 49.3. The van der Waals surface area contributed by atoms with Crippen LogP contribution in [0.4, 0.5) is 0 Å². The van der Waals surface area contributed by atoms with E-state index in [1.165, 1.54) is 23.6 Å². The van der Waals surface area contributed by atoms with Crippen LogP contribution in [0.15, 0.2) is 10.6 Å². The van der Waals surface area contributed by atoms with E-state index in [0.717, 1.165) is 0 Å². The highest BCUT2D eigenvalue weighted by molar-refractivity contribution is 8.03. The summed E-state index contributed by atoms with van der Waals surface area (Å²) in [6, 6.07) is -0.347. The number of nitrogens with zero attached hydrogens (tertiary/aromatic N) is 1. The fourth-order valence-corrected chi connectivity index (χ4v) is 4.71. The molecular weight excluding hydrogens is 442 g/mol. The second-order valence-corrected chi connectivity index (χ2v) is 9.80. The van der Waals surface area contributed by atoms with Crippen molar-refractivity contribution in [2.75, 3.05) is 25.4 Å². The number of nitrogens with one attached hydrogen (secondary N) is 2. The van der Waals surface area contributed by atoms with E-state index in [1.807, 2.05) is 0 Å². The highest BCUT2D eigenvalue weighted by atomic mass is 32.2. The molecule has 1 fully saturated rings. The summed E-state index contributed by atoms with van der Waals surface area (Å²) in [6.07, 6.45) is -1.90. The lowest BCUT2D eigenvalue weighted by Gasteiger charge is -2.44. The number of carbonyl (C=O) groups excluding carboxylic acids is 3. The minimum atomic E-state index is -1.40. The van der Waals surface area contributed by atoms with Gasteiger partial charge in [0.25, 0.3) is 0 Å². The number of aliphatic hydroxyl groups excluding tert-OH is 3. The number of carboxylic acids is 1. The normalized spacial score (nSPS) is 22.2. The van der Waals surface area contributed by atoms with Gasteiger partial charge in [0.1, 0.15) is 11.8 Å². The summed E-state index contributed by atoms with van der Waals surface area (Å²) in [6.45, 7) is 4.50. The van der Waals surface area contributed by atoms with Gasteiger partial charge < -0.3 is 36.0 Å². The number of aliphatic carboxylic acids is 1. The Bertz CT molecular complexity index is 798. The number of carboxylic acid groups (broad SMARTS) is 1. The molecule has 2 heterocycles. The first-order chi connectivity index (χ1) is 14.9. The molecule has 6 N–H and O–H groups in total.